The Bertz CT molecular complexity index is 989. The zero-order valence-electron chi connectivity index (χ0n) is 13.1. The van der Waals surface area contributed by atoms with E-state index in [-0.39, 0.29) is 18.5 Å². The van der Waals surface area contributed by atoms with Gasteiger partial charge in [0.25, 0.3) is 5.56 Å². The first-order chi connectivity index (χ1) is 11.6. The van der Waals surface area contributed by atoms with Crippen LogP contribution < -0.4 is 11.3 Å². The number of aromatic nitrogens is 2. The third kappa shape index (κ3) is 2.43. The maximum atomic E-state index is 13.1. The average Bonchev–Trinajstić information content (AvgIpc) is 3.14. The van der Waals surface area contributed by atoms with Crippen LogP contribution in [0.3, 0.4) is 0 Å². The Kier molecular flexibility index (Phi) is 3.69. The van der Waals surface area contributed by atoms with Gasteiger partial charge in [-0.3, -0.25) is 14.2 Å². The highest BCUT2D eigenvalue weighted by Crippen LogP contribution is 2.35. The molecule has 2 heterocycles. The highest BCUT2D eigenvalue weighted by atomic mass is 32.1. The van der Waals surface area contributed by atoms with Gasteiger partial charge in [0.1, 0.15) is 10.7 Å². The van der Waals surface area contributed by atoms with Gasteiger partial charge in [-0.15, -0.1) is 11.3 Å². The first-order valence-corrected chi connectivity index (χ1v) is 8.85. The quantitative estimate of drug-likeness (QED) is 0.793. The van der Waals surface area contributed by atoms with Gasteiger partial charge in [0.15, 0.2) is 0 Å². The van der Waals surface area contributed by atoms with Gasteiger partial charge in [-0.25, -0.2) is 4.98 Å². The van der Waals surface area contributed by atoms with E-state index in [1.807, 2.05) is 30.3 Å². The van der Waals surface area contributed by atoms with E-state index in [0.29, 0.717) is 5.82 Å². The number of aryl methyl sites for hydroxylation is 2. The number of benzene rings is 1. The average molecular weight is 339 g/mol. The molecule has 0 atom stereocenters. The predicted octanol–water partition coefficient (Wildman–Crippen LogP) is 2.49. The molecule has 1 aromatic carbocycles. The highest BCUT2D eigenvalue weighted by Gasteiger charge is 2.23. The van der Waals surface area contributed by atoms with E-state index in [0.717, 1.165) is 40.6 Å². The SMILES string of the molecule is NC(=O)CCn1c(-c2ccccc2)nc2sc3c(c2c1=O)CCC3. The molecular weight excluding hydrogens is 322 g/mol. The van der Waals surface area contributed by atoms with Gasteiger partial charge >= 0.3 is 0 Å². The first kappa shape index (κ1) is 15.1. The minimum Gasteiger partial charge on any atom is -0.370 e. The molecule has 0 radical (unpaired) electrons. The van der Waals surface area contributed by atoms with Crippen LogP contribution in [0.1, 0.15) is 23.3 Å². The van der Waals surface area contributed by atoms with Crippen LogP contribution in [0.2, 0.25) is 0 Å². The standard InChI is InChI=1S/C18H17N3O2S/c19-14(22)9-10-21-16(11-5-2-1-3-6-11)20-17-15(18(21)23)12-7-4-8-13(12)24-17/h1-3,5-6H,4,7-10H2,(H2,19,22). The third-order valence-corrected chi connectivity index (χ3v) is 5.62. The Morgan fingerprint density at radius 1 is 1.25 bits per heavy atom. The number of nitrogens with zero attached hydrogens (tertiary/aromatic N) is 2. The molecule has 1 amide bonds. The van der Waals surface area contributed by atoms with Crippen LogP contribution >= 0.6 is 11.3 Å². The number of carbonyl (C=O) groups excluding carboxylic acids is 1. The monoisotopic (exact) mass is 339 g/mol. The van der Waals surface area contributed by atoms with Crippen LogP contribution in [0.25, 0.3) is 21.6 Å². The number of nitrogens with two attached hydrogens (primary N) is 1. The molecule has 0 bridgehead atoms. The van der Waals surface area contributed by atoms with Gasteiger partial charge in [-0.1, -0.05) is 30.3 Å². The third-order valence-electron chi connectivity index (χ3n) is 4.44. The summed E-state index contributed by atoms with van der Waals surface area (Å²) in [7, 11) is 0. The summed E-state index contributed by atoms with van der Waals surface area (Å²) in [5.74, 6) is 0.186. The zero-order valence-corrected chi connectivity index (χ0v) is 13.9. The maximum absolute atomic E-state index is 13.1. The number of amides is 1. The molecule has 0 saturated carbocycles. The van der Waals surface area contributed by atoms with Crippen molar-refractivity contribution in [1.82, 2.24) is 9.55 Å². The van der Waals surface area contributed by atoms with Crippen molar-refractivity contribution in [3.8, 4) is 11.4 Å². The van der Waals surface area contributed by atoms with Crippen LogP contribution in [0.15, 0.2) is 35.1 Å². The van der Waals surface area contributed by atoms with Crippen molar-refractivity contribution in [2.75, 3.05) is 0 Å². The fourth-order valence-electron chi connectivity index (χ4n) is 3.31. The number of hydrogen-bond donors (Lipinski definition) is 1. The lowest BCUT2D eigenvalue weighted by Crippen LogP contribution is -2.26. The Balaban J connectivity index is 1.98. The van der Waals surface area contributed by atoms with E-state index in [2.05, 4.69) is 0 Å². The van der Waals surface area contributed by atoms with Crippen molar-refractivity contribution in [3.63, 3.8) is 0 Å². The summed E-state index contributed by atoms with van der Waals surface area (Å²) in [4.78, 5) is 31.2. The summed E-state index contributed by atoms with van der Waals surface area (Å²) >= 11 is 1.63. The second kappa shape index (κ2) is 5.87. The summed E-state index contributed by atoms with van der Waals surface area (Å²) < 4.78 is 1.60. The lowest BCUT2D eigenvalue weighted by molar-refractivity contribution is -0.118. The van der Waals surface area contributed by atoms with Crippen LogP contribution in [-0.4, -0.2) is 15.5 Å². The second-order valence-electron chi connectivity index (χ2n) is 6.01. The molecule has 0 saturated heterocycles. The van der Waals surface area contributed by atoms with Crippen molar-refractivity contribution in [3.05, 3.63) is 51.1 Å². The maximum Gasteiger partial charge on any atom is 0.262 e. The van der Waals surface area contributed by atoms with Crippen LogP contribution in [-0.2, 0) is 24.2 Å². The van der Waals surface area contributed by atoms with E-state index in [9.17, 15) is 9.59 Å². The van der Waals surface area contributed by atoms with Crippen molar-refractivity contribution in [2.45, 2.75) is 32.2 Å². The largest absolute Gasteiger partial charge is 0.370 e. The fraction of sp³-hybridized carbons (Fsp3) is 0.278. The molecule has 3 aromatic rings. The Labute approximate surface area is 142 Å². The molecule has 4 rings (SSSR count). The van der Waals surface area contributed by atoms with E-state index >= 15 is 0 Å². The summed E-state index contributed by atoms with van der Waals surface area (Å²) in [6.07, 6.45) is 3.18. The first-order valence-electron chi connectivity index (χ1n) is 8.04. The molecule has 5 nitrogen and oxygen atoms in total. The van der Waals surface area contributed by atoms with Gasteiger partial charge < -0.3 is 5.73 Å². The molecule has 2 N–H and O–H groups in total. The van der Waals surface area contributed by atoms with Crippen LogP contribution in [0, 0.1) is 0 Å². The number of hydrogen-bond acceptors (Lipinski definition) is 4. The molecule has 0 spiro atoms. The molecule has 122 valence electrons. The van der Waals surface area contributed by atoms with Crippen molar-refractivity contribution in [1.29, 1.82) is 0 Å². The topological polar surface area (TPSA) is 78.0 Å². The minimum atomic E-state index is -0.420. The van der Waals surface area contributed by atoms with Crippen LogP contribution in [0.4, 0.5) is 0 Å². The van der Waals surface area contributed by atoms with Gasteiger partial charge in [0, 0.05) is 23.4 Å². The van der Waals surface area contributed by atoms with Gasteiger partial charge in [-0.05, 0) is 24.8 Å². The lowest BCUT2D eigenvalue weighted by atomic mass is 10.1. The molecular formula is C18H17N3O2S. The van der Waals surface area contributed by atoms with E-state index in [4.69, 9.17) is 10.7 Å². The fourth-order valence-corrected chi connectivity index (χ4v) is 4.57. The number of primary amides is 1. The summed E-state index contributed by atoms with van der Waals surface area (Å²) in [6, 6.07) is 9.61. The molecule has 24 heavy (non-hydrogen) atoms. The smallest absolute Gasteiger partial charge is 0.262 e. The van der Waals surface area contributed by atoms with Crippen molar-refractivity contribution in [2.24, 2.45) is 5.73 Å². The van der Waals surface area contributed by atoms with Crippen molar-refractivity contribution >= 4 is 27.5 Å². The van der Waals surface area contributed by atoms with E-state index in [1.165, 1.54) is 4.88 Å². The molecule has 1 aliphatic rings. The molecule has 0 aliphatic heterocycles. The normalized spacial score (nSPS) is 13.3. The van der Waals surface area contributed by atoms with Crippen molar-refractivity contribution < 1.29 is 4.79 Å². The summed E-state index contributed by atoms with van der Waals surface area (Å²) in [6.45, 7) is 0.256. The summed E-state index contributed by atoms with van der Waals surface area (Å²) in [5, 5.41) is 0.733. The Hall–Kier alpha value is -2.47. The van der Waals surface area contributed by atoms with Gasteiger partial charge in [0.2, 0.25) is 5.91 Å². The van der Waals surface area contributed by atoms with Gasteiger partial charge in [0.05, 0.1) is 5.39 Å². The van der Waals surface area contributed by atoms with Crippen LogP contribution in [0.5, 0.6) is 0 Å². The molecule has 2 aromatic heterocycles. The summed E-state index contributed by atoms with van der Waals surface area (Å²) in [5.41, 5.74) is 7.26. The zero-order chi connectivity index (χ0) is 16.7. The minimum absolute atomic E-state index is 0.0560. The Morgan fingerprint density at radius 3 is 2.79 bits per heavy atom. The second-order valence-corrected chi connectivity index (χ2v) is 7.10. The highest BCUT2D eigenvalue weighted by molar-refractivity contribution is 7.18. The number of thiophene rings is 1. The number of fused-ring (bicyclic) bond motifs is 3. The Morgan fingerprint density at radius 2 is 2.04 bits per heavy atom. The molecule has 0 unspecified atom stereocenters. The van der Waals surface area contributed by atoms with Gasteiger partial charge in [-0.2, -0.15) is 0 Å². The molecule has 6 heteroatoms. The number of rotatable bonds is 4. The predicted molar refractivity (Wildman–Crippen MR) is 95.2 cm³/mol. The molecule has 0 fully saturated rings. The molecule has 1 aliphatic carbocycles. The van der Waals surface area contributed by atoms with E-state index < -0.39 is 5.91 Å². The number of carbonyl (C=O) groups is 1. The lowest BCUT2D eigenvalue weighted by Gasteiger charge is -2.12. The van der Waals surface area contributed by atoms with E-state index in [1.54, 1.807) is 15.9 Å².